The summed E-state index contributed by atoms with van der Waals surface area (Å²) in [6.45, 7) is 0. The normalized spacial score (nSPS) is 14.5. The summed E-state index contributed by atoms with van der Waals surface area (Å²) in [5.41, 5.74) is 7.86. The molecule has 2 heterocycles. The number of alkyl halides is 3. The lowest BCUT2D eigenvalue weighted by molar-refractivity contribution is -0.192. The third-order valence-corrected chi connectivity index (χ3v) is 2.84. The van der Waals surface area contributed by atoms with Crippen LogP contribution in [-0.4, -0.2) is 33.0 Å². The molecule has 0 radical (unpaired) electrons. The van der Waals surface area contributed by atoms with Crippen molar-refractivity contribution in [3.05, 3.63) is 11.4 Å². The summed E-state index contributed by atoms with van der Waals surface area (Å²) in [4.78, 5) is 16.1. The quantitative estimate of drug-likeness (QED) is 0.662. The highest BCUT2D eigenvalue weighted by atomic mass is 32.2. The summed E-state index contributed by atoms with van der Waals surface area (Å²) in [5.74, 6) is 0.0246. The van der Waals surface area contributed by atoms with E-state index in [4.69, 9.17) is 15.6 Å². The van der Waals surface area contributed by atoms with E-state index in [1.807, 2.05) is 11.8 Å². The van der Waals surface area contributed by atoms with Crippen LogP contribution in [0.3, 0.4) is 0 Å². The van der Waals surface area contributed by atoms with Gasteiger partial charge in [-0.15, -0.1) is 0 Å². The number of rotatable bonds is 0. The number of carbonyl (C=O) groups is 1. The molecule has 4 N–H and O–H groups in total. The molecule has 2 rings (SSSR count). The SMILES string of the molecule is Nc1nc2c([nH]1)CSCC2.O=C(O)C(F)(F)F. The fourth-order valence-electron chi connectivity index (χ4n) is 1.14. The van der Waals surface area contributed by atoms with Gasteiger partial charge in [-0.1, -0.05) is 0 Å². The number of H-pyrrole nitrogens is 1. The summed E-state index contributed by atoms with van der Waals surface area (Å²) in [6.07, 6.45) is -4.02. The molecule has 96 valence electrons. The van der Waals surface area contributed by atoms with Crippen LogP contribution >= 0.6 is 11.8 Å². The van der Waals surface area contributed by atoms with E-state index in [0.717, 1.165) is 17.9 Å². The van der Waals surface area contributed by atoms with Crippen LogP contribution in [0.4, 0.5) is 19.1 Å². The van der Waals surface area contributed by atoms with Gasteiger partial charge in [0.1, 0.15) is 0 Å². The van der Waals surface area contributed by atoms with Crippen molar-refractivity contribution >= 4 is 23.7 Å². The second-order valence-electron chi connectivity index (χ2n) is 3.15. The third-order valence-electron chi connectivity index (χ3n) is 1.85. The minimum absolute atomic E-state index is 0.563. The van der Waals surface area contributed by atoms with E-state index in [0.29, 0.717) is 5.95 Å². The van der Waals surface area contributed by atoms with Crippen LogP contribution < -0.4 is 5.73 Å². The lowest BCUT2D eigenvalue weighted by Gasteiger charge is -2.07. The number of carboxylic acid groups (broad SMARTS) is 1. The molecule has 0 aliphatic carbocycles. The first-order valence-corrected chi connectivity index (χ1v) is 5.67. The topological polar surface area (TPSA) is 92.0 Å². The predicted octanol–water partition coefficient (Wildman–Crippen LogP) is 1.41. The number of nitrogen functional groups attached to an aromatic ring is 1. The van der Waals surface area contributed by atoms with Gasteiger partial charge < -0.3 is 15.8 Å². The van der Waals surface area contributed by atoms with E-state index < -0.39 is 12.1 Å². The summed E-state index contributed by atoms with van der Waals surface area (Å²) in [7, 11) is 0. The fraction of sp³-hybridized carbons (Fsp3) is 0.500. The number of nitrogens with one attached hydrogen (secondary N) is 1. The highest BCUT2D eigenvalue weighted by Crippen LogP contribution is 2.22. The molecular weight excluding hydrogens is 259 g/mol. The first-order valence-electron chi connectivity index (χ1n) is 4.52. The molecule has 0 spiro atoms. The monoisotopic (exact) mass is 269 g/mol. The number of anilines is 1. The molecule has 0 fully saturated rings. The molecule has 1 aliphatic heterocycles. The van der Waals surface area contributed by atoms with Crippen LogP contribution in [0, 0.1) is 0 Å². The maximum Gasteiger partial charge on any atom is 0.490 e. The Kier molecular flexibility index (Phi) is 4.27. The van der Waals surface area contributed by atoms with Gasteiger partial charge in [0.2, 0.25) is 0 Å². The number of hydrogen-bond acceptors (Lipinski definition) is 4. The van der Waals surface area contributed by atoms with Crippen LogP contribution in [0.5, 0.6) is 0 Å². The molecule has 0 bridgehead atoms. The second kappa shape index (κ2) is 5.30. The summed E-state index contributed by atoms with van der Waals surface area (Å²) < 4.78 is 31.7. The van der Waals surface area contributed by atoms with E-state index >= 15 is 0 Å². The van der Waals surface area contributed by atoms with Crippen LogP contribution in [0.1, 0.15) is 11.4 Å². The molecule has 0 saturated carbocycles. The number of carboxylic acids is 1. The smallest absolute Gasteiger partial charge is 0.475 e. The van der Waals surface area contributed by atoms with Gasteiger partial charge in [0.05, 0.1) is 5.69 Å². The Bertz CT molecular complexity index is 382. The minimum atomic E-state index is -5.08. The van der Waals surface area contributed by atoms with E-state index in [1.54, 1.807) is 0 Å². The number of thioether (sulfide) groups is 1. The zero-order chi connectivity index (χ0) is 13.1. The summed E-state index contributed by atoms with van der Waals surface area (Å²) >= 11 is 1.92. The first-order chi connectivity index (χ1) is 7.80. The number of aromatic nitrogens is 2. The number of aryl methyl sites for hydroxylation is 1. The van der Waals surface area contributed by atoms with Gasteiger partial charge in [-0.05, 0) is 5.75 Å². The van der Waals surface area contributed by atoms with Crippen molar-refractivity contribution in [3.8, 4) is 0 Å². The lowest BCUT2D eigenvalue weighted by Crippen LogP contribution is -2.21. The first kappa shape index (κ1) is 13.7. The van der Waals surface area contributed by atoms with Crippen molar-refractivity contribution in [2.75, 3.05) is 11.5 Å². The average molecular weight is 269 g/mol. The molecule has 17 heavy (non-hydrogen) atoms. The molecule has 0 amide bonds. The van der Waals surface area contributed by atoms with Crippen molar-refractivity contribution in [2.45, 2.75) is 18.3 Å². The zero-order valence-electron chi connectivity index (χ0n) is 8.54. The molecule has 0 atom stereocenters. The molecule has 0 aromatic carbocycles. The molecule has 1 aliphatic rings. The van der Waals surface area contributed by atoms with Crippen LogP contribution in [0.25, 0.3) is 0 Å². The Hall–Kier alpha value is -1.38. The van der Waals surface area contributed by atoms with Gasteiger partial charge in [0, 0.05) is 17.9 Å². The number of imidazole rings is 1. The van der Waals surface area contributed by atoms with Gasteiger partial charge in [0.25, 0.3) is 0 Å². The number of hydrogen-bond donors (Lipinski definition) is 3. The lowest BCUT2D eigenvalue weighted by atomic mass is 10.3. The fourth-order valence-corrected chi connectivity index (χ4v) is 2.06. The maximum absolute atomic E-state index is 10.6. The number of aliphatic carboxylic acids is 1. The Balaban J connectivity index is 0.000000185. The van der Waals surface area contributed by atoms with Gasteiger partial charge >= 0.3 is 12.1 Å². The van der Waals surface area contributed by atoms with Crippen molar-refractivity contribution in [2.24, 2.45) is 0 Å². The third kappa shape index (κ3) is 4.17. The highest BCUT2D eigenvalue weighted by Gasteiger charge is 2.38. The number of aromatic amines is 1. The molecule has 0 unspecified atom stereocenters. The summed E-state index contributed by atoms with van der Waals surface area (Å²) in [5, 5.41) is 7.12. The van der Waals surface area contributed by atoms with E-state index in [-0.39, 0.29) is 0 Å². The number of halogens is 3. The molecular formula is C8H10F3N3O2S. The average Bonchev–Trinajstić information content (AvgIpc) is 2.57. The van der Waals surface area contributed by atoms with E-state index in [9.17, 15) is 13.2 Å². The van der Waals surface area contributed by atoms with Gasteiger partial charge in [-0.25, -0.2) is 9.78 Å². The van der Waals surface area contributed by atoms with Crippen molar-refractivity contribution < 1.29 is 23.1 Å². The number of nitrogens with zero attached hydrogens (tertiary/aromatic N) is 1. The van der Waals surface area contributed by atoms with Crippen LogP contribution in [-0.2, 0) is 17.0 Å². The molecule has 5 nitrogen and oxygen atoms in total. The van der Waals surface area contributed by atoms with Gasteiger partial charge in [-0.3, -0.25) is 0 Å². The van der Waals surface area contributed by atoms with E-state index in [1.165, 1.54) is 11.4 Å². The Morgan fingerprint density at radius 2 is 2.12 bits per heavy atom. The molecule has 1 aromatic rings. The molecule has 1 aromatic heterocycles. The van der Waals surface area contributed by atoms with Crippen LogP contribution in [0.2, 0.25) is 0 Å². The highest BCUT2D eigenvalue weighted by molar-refractivity contribution is 7.98. The predicted molar refractivity (Wildman–Crippen MR) is 56.6 cm³/mol. The van der Waals surface area contributed by atoms with Crippen molar-refractivity contribution in [1.82, 2.24) is 9.97 Å². The van der Waals surface area contributed by atoms with Crippen molar-refractivity contribution in [3.63, 3.8) is 0 Å². The number of nitrogens with two attached hydrogens (primary N) is 1. The Morgan fingerprint density at radius 3 is 2.59 bits per heavy atom. The largest absolute Gasteiger partial charge is 0.490 e. The van der Waals surface area contributed by atoms with Crippen molar-refractivity contribution in [1.29, 1.82) is 0 Å². The summed E-state index contributed by atoms with van der Waals surface area (Å²) in [6, 6.07) is 0. The second-order valence-corrected chi connectivity index (χ2v) is 4.26. The Labute approximate surface area is 98.6 Å². The molecule has 0 saturated heterocycles. The van der Waals surface area contributed by atoms with E-state index in [2.05, 4.69) is 9.97 Å². The van der Waals surface area contributed by atoms with Crippen LogP contribution in [0.15, 0.2) is 0 Å². The standard InChI is InChI=1S/C6H9N3S.C2HF3O2/c7-6-8-4-1-2-10-3-5(4)9-6;3-2(4,5)1(6)7/h1-3H2,(H3,7,8,9);(H,6,7). The number of fused-ring (bicyclic) bond motifs is 1. The molecule has 9 heteroatoms. The zero-order valence-corrected chi connectivity index (χ0v) is 9.36. The van der Waals surface area contributed by atoms with Gasteiger partial charge in [0.15, 0.2) is 5.95 Å². The van der Waals surface area contributed by atoms with Gasteiger partial charge in [-0.2, -0.15) is 24.9 Å². The minimum Gasteiger partial charge on any atom is -0.475 e. The Morgan fingerprint density at radius 1 is 1.53 bits per heavy atom. The maximum atomic E-state index is 10.6.